The minimum absolute atomic E-state index is 0.134. The zero-order valence-corrected chi connectivity index (χ0v) is 9.27. The molecule has 0 bridgehead atoms. The van der Waals surface area contributed by atoms with Gasteiger partial charge in [-0.25, -0.2) is 0 Å². The van der Waals surface area contributed by atoms with Crippen molar-refractivity contribution in [1.29, 1.82) is 0 Å². The van der Waals surface area contributed by atoms with Crippen LogP contribution in [-0.2, 0) is 13.6 Å². The molecule has 0 radical (unpaired) electrons. The van der Waals surface area contributed by atoms with Crippen molar-refractivity contribution in [1.82, 2.24) is 0 Å². The number of hydrogen-bond donors (Lipinski definition) is 1. The van der Waals surface area contributed by atoms with E-state index in [0.717, 1.165) is 0 Å². The van der Waals surface area contributed by atoms with Crippen LogP contribution in [0, 0.1) is 0 Å². The lowest BCUT2D eigenvalue weighted by Crippen LogP contribution is -2.15. The summed E-state index contributed by atoms with van der Waals surface area (Å²) >= 11 is 0. The fourth-order valence-electron chi connectivity index (χ4n) is 0.531. The van der Waals surface area contributed by atoms with Crippen LogP contribution in [0.2, 0.25) is 0 Å². The molecule has 0 aromatic heterocycles. The molecule has 0 fully saturated rings. The molecule has 2 atom stereocenters. The summed E-state index contributed by atoms with van der Waals surface area (Å²) in [5.74, 6) is 0. The van der Waals surface area contributed by atoms with Crippen molar-refractivity contribution in [2.24, 2.45) is 5.16 Å². The van der Waals surface area contributed by atoms with E-state index in [1.165, 1.54) is 0 Å². The minimum atomic E-state index is -2.48. The third kappa shape index (κ3) is 5.80. The highest BCUT2D eigenvalue weighted by Gasteiger charge is 2.12. The van der Waals surface area contributed by atoms with Crippen molar-refractivity contribution in [3.8, 4) is 0 Å². The minimum Gasteiger partial charge on any atom is -0.411 e. The SMILES string of the molecule is CC(=NO)C(C)O[PH](=O)OC(C)C. The second-order valence-corrected chi connectivity index (χ2v) is 3.89. The Hall–Kier alpha value is -0.380. The van der Waals surface area contributed by atoms with Gasteiger partial charge in [0.1, 0.15) is 6.10 Å². The first kappa shape index (κ1) is 12.6. The molecule has 78 valence electrons. The van der Waals surface area contributed by atoms with Crippen LogP contribution in [0.25, 0.3) is 0 Å². The molecule has 6 heteroatoms. The topological polar surface area (TPSA) is 68.1 Å². The van der Waals surface area contributed by atoms with Crippen LogP contribution in [-0.4, -0.2) is 23.1 Å². The monoisotopic (exact) mass is 209 g/mol. The van der Waals surface area contributed by atoms with Crippen molar-refractivity contribution < 1.29 is 18.8 Å². The molecule has 5 nitrogen and oxygen atoms in total. The molecular formula is C7H16NO4P. The quantitative estimate of drug-likeness (QED) is 0.325. The Labute approximate surface area is 78.7 Å². The van der Waals surface area contributed by atoms with Crippen LogP contribution in [0.4, 0.5) is 0 Å². The molecular weight excluding hydrogens is 193 g/mol. The molecule has 0 aromatic rings. The first-order chi connectivity index (χ1) is 5.97. The molecule has 0 saturated carbocycles. The van der Waals surface area contributed by atoms with E-state index in [1.54, 1.807) is 27.7 Å². The Bertz CT molecular complexity index is 205. The molecule has 13 heavy (non-hydrogen) atoms. The highest BCUT2D eigenvalue weighted by molar-refractivity contribution is 7.33. The summed E-state index contributed by atoms with van der Waals surface area (Å²) in [6.07, 6.45) is -0.625. The molecule has 0 spiro atoms. The summed E-state index contributed by atoms with van der Waals surface area (Å²) in [5.41, 5.74) is 0.366. The van der Waals surface area contributed by atoms with E-state index in [1.807, 2.05) is 0 Å². The van der Waals surface area contributed by atoms with Crippen molar-refractivity contribution in [3.63, 3.8) is 0 Å². The third-order valence-electron chi connectivity index (χ3n) is 1.35. The lowest BCUT2D eigenvalue weighted by molar-refractivity contribution is 0.175. The van der Waals surface area contributed by atoms with E-state index in [4.69, 9.17) is 14.3 Å². The van der Waals surface area contributed by atoms with E-state index in [0.29, 0.717) is 5.71 Å². The van der Waals surface area contributed by atoms with Crippen LogP contribution in [0.15, 0.2) is 5.16 Å². The van der Waals surface area contributed by atoms with E-state index in [2.05, 4.69) is 5.16 Å². The Balaban J connectivity index is 3.92. The standard InChI is InChI=1S/C7H16NO4P/c1-5(2)11-13(10)12-7(4)6(3)8-9/h5,7,9,13H,1-4H3. The Kier molecular flexibility index (Phi) is 5.95. The van der Waals surface area contributed by atoms with Gasteiger partial charge in [0.25, 0.3) is 0 Å². The number of nitrogens with zero attached hydrogens (tertiary/aromatic N) is 1. The van der Waals surface area contributed by atoms with Crippen molar-refractivity contribution >= 4 is 14.0 Å². The molecule has 0 heterocycles. The van der Waals surface area contributed by atoms with Gasteiger partial charge in [0, 0.05) is 0 Å². The summed E-state index contributed by atoms with van der Waals surface area (Å²) in [5, 5.41) is 11.3. The molecule has 1 N–H and O–H groups in total. The maximum atomic E-state index is 11.1. The zero-order valence-electron chi connectivity index (χ0n) is 8.27. The van der Waals surface area contributed by atoms with Crippen LogP contribution < -0.4 is 0 Å². The van der Waals surface area contributed by atoms with E-state index < -0.39 is 14.4 Å². The van der Waals surface area contributed by atoms with Gasteiger partial charge in [-0.2, -0.15) is 0 Å². The van der Waals surface area contributed by atoms with Gasteiger partial charge in [0.05, 0.1) is 11.8 Å². The summed E-state index contributed by atoms with van der Waals surface area (Å²) < 4.78 is 20.9. The fourth-order valence-corrected chi connectivity index (χ4v) is 1.43. The number of rotatable bonds is 5. The zero-order chi connectivity index (χ0) is 10.4. The predicted molar refractivity (Wildman–Crippen MR) is 50.7 cm³/mol. The average Bonchev–Trinajstić information content (AvgIpc) is 2.01. The molecule has 0 saturated heterocycles. The van der Waals surface area contributed by atoms with Crippen molar-refractivity contribution in [3.05, 3.63) is 0 Å². The molecule has 0 aromatic carbocycles. The Morgan fingerprint density at radius 3 is 2.31 bits per heavy atom. The molecule has 2 unspecified atom stereocenters. The highest BCUT2D eigenvalue weighted by Crippen LogP contribution is 2.28. The first-order valence-corrected chi connectivity index (χ1v) is 5.25. The second-order valence-electron chi connectivity index (χ2n) is 2.92. The van der Waals surface area contributed by atoms with Crippen LogP contribution >= 0.6 is 8.25 Å². The van der Waals surface area contributed by atoms with Gasteiger partial charge in [0.15, 0.2) is 0 Å². The summed E-state index contributed by atoms with van der Waals surface area (Å²) in [4.78, 5) is 0. The number of oxime groups is 1. The normalized spacial score (nSPS) is 17.5. The largest absolute Gasteiger partial charge is 0.411 e. The van der Waals surface area contributed by atoms with E-state index >= 15 is 0 Å². The highest BCUT2D eigenvalue weighted by atomic mass is 31.1. The first-order valence-electron chi connectivity index (χ1n) is 4.03. The summed E-state index contributed by atoms with van der Waals surface area (Å²) in [6, 6.07) is 0. The van der Waals surface area contributed by atoms with Gasteiger partial charge in [-0.3, -0.25) is 4.57 Å². The molecule has 0 aliphatic rings. The van der Waals surface area contributed by atoms with Crippen LogP contribution in [0.1, 0.15) is 27.7 Å². The molecule has 0 aliphatic heterocycles. The van der Waals surface area contributed by atoms with Crippen LogP contribution in [0.3, 0.4) is 0 Å². The number of hydrogen-bond acceptors (Lipinski definition) is 5. The predicted octanol–water partition coefficient (Wildman–Crippen LogP) is 2.06. The fraction of sp³-hybridized carbons (Fsp3) is 0.857. The maximum absolute atomic E-state index is 11.1. The molecule has 0 rings (SSSR count). The third-order valence-corrected chi connectivity index (χ3v) is 2.56. The lowest BCUT2D eigenvalue weighted by Gasteiger charge is -2.12. The Morgan fingerprint density at radius 2 is 1.92 bits per heavy atom. The van der Waals surface area contributed by atoms with Gasteiger partial charge in [-0.05, 0) is 27.7 Å². The van der Waals surface area contributed by atoms with Gasteiger partial charge >= 0.3 is 8.25 Å². The second kappa shape index (κ2) is 6.13. The molecule has 0 aliphatic carbocycles. The lowest BCUT2D eigenvalue weighted by atomic mass is 10.3. The van der Waals surface area contributed by atoms with E-state index in [-0.39, 0.29) is 6.10 Å². The summed E-state index contributed by atoms with van der Waals surface area (Å²) in [6.45, 7) is 6.75. The van der Waals surface area contributed by atoms with Crippen molar-refractivity contribution in [2.45, 2.75) is 39.9 Å². The smallest absolute Gasteiger partial charge is 0.320 e. The van der Waals surface area contributed by atoms with Crippen molar-refractivity contribution in [2.75, 3.05) is 0 Å². The summed E-state index contributed by atoms with van der Waals surface area (Å²) in [7, 11) is -2.48. The molecule has 0 amide bonds. The van der Waals surface area contributed by atoms with Gasteiger partial charge in [0.2, 0.25) is 0 Å². The van der Waals surface area contributed by atoms with Gasteiger partial charge in [-0.1, -0.05) is 5.16 Å². The van der Waals surface area contributed by atoms with E-state index in [9.17, 15) is 4.57 Å². The average molecular weight is 209 g/mol. The Morgan fingerprint density at radius 1 is 1.38 bits per heavy atom. The van der Waals surface area contributed by atoms with Crippen LogP contribution in [0.5, 0.6) is 0 Å². The van der Waals surface area contributed by atoms with Gasteiger partial charge < -0.3 is 14.3 Å². The van der Waals surface area contributed by atoms with Gasteiger partial charge in [-0.15, -0.1) is 0 Å². The maximum Gasteiger partial charge on any atom is 0.320 e.